The maximum atomic E-state index is 14.3. The Labute approximate surface area is 191 Å². The Kier molecular flexibility index (Phi) is 4.79. The van der Waals surface area contributed by atoms with Crippen molar-refractivity contribution in [3.8, 4) is 11.1 Å². The summed E-state index contributed by atoms with van der Waals surface area (Å²) < 4.78 is 33.9. The molecule has 5 heteroatoms. The molecule has 6 rings (SSSR count). The third-order valence-electron chi connectivity index (χ3n) is 7.24. The van der Waals surface area contributed by atoms with Crippen molar-refractivity contribution in [1.82, 2.24) is 4.90 Å². The highest BCUT2D eigenvalue weighted by molar-refractivity contribution is 5.79. The van der Waals surface area contributed by atoms with E-state index in [4.69, 9.17) is 4.74 Å². The number of hydrogen-bond acceptors (Lipinski definition) is 2. The van der Waals surface area contributed by atoms with E-state index >= 15 is 0 Å². The first-order valence-electron chi connectivity index (χ1n) is 11.4. The van der Waals surface area contributed by atoms with Gasteiger partial charge in [-0.3, -0.25) is 4.90 Å². The number of carbonyl (C=O) groups excluding carboxylic acids is 1. The van der Waals surface area contributed by atoms with Crippen LogP contribution in [0.5, 0.6) is 0 Å². The number of fused-ring (bicyclic) bond motifs is 5. The van der Waals surface area contributed by atoms with Crippen LogP contribution in [0, 0.1) is 11.6 Å². The van der Waals surface area contributed by atoms with Crippen LogP contribution in [0.2, 0.25) is 0 Å². The molecule has 3 aromatic carbocycles. The average molecular weight is 443 g/mol. The van der Waals surface area contributed by atoms with Crippen molar-refractivity contribution in [3.63, 3.8) is 0 Å². The number of ether oxygens (including phenoxy) is 1. The minimum absolute atomic E-state index is 0.0105. The predicted octanol–water partition coefficient (Wildman–Crippen LogP) is 6.53. The van der Waals surface area contributed by atoms with Crippen molar-refractivity contribution in [2.24, 2.45) is 0 Å². The summed E-state index contributed by atoms with van der Waals surface area (Å²) in [6.45, 7) is 0.276. The highest BCUT2D eigenvalue weighted by Gasteiger charge is 2.41. The van der Waals surface area contributed by atoms with E-state index in [-0.39, 0.29) is 30.7 Å². The number of carbonyl (C=O) groups is 1. The molecule has 1 fully saturated rings. The first kappa shape index (κ1) is 20.2. The van der Waals surface area contributed by atoms with Gasteiger partial charge in [0, 0.05) is 17.5 Å². The Morgan fingerprint density at radius 1 is 0.879 bits per heavy atom. The molecular formula is C28H23F2NO2. The lowest BCUT2D eigenvalue weighted by atomic mass is 9.94. The van der Waals surface area contributed by atoms with Crippen LogP contribution in [0.4, 0.5) is 13.6 Å². The molecule has 2 bridgehead atoms. The maximum Gasteiger partial charge on any atom is 0.410 e. The van der Waals surface area contributed by atoms with Crippen molar-refractivity contribution in [2.45, 2.75) is 37.3 Å². The fourth-order valence-corrected chi connectivity index (χ4v) is 5.73. The lowest BCUT2D eigenvalue weighted by molar-refractivity contribution is 0.0866. The molecule has 0 aromatic heterocycles. The SMILES string of the molecule is O=C(OCC1c2ccccc2-c2ccccc21)N1C2C=C(c3cccc(F)c3F)CC1CC2. The fraction of sp³-hybridized carbons (Fsp3) is 0.250. The van der Waals surface area contributed by atoms with Crippen LogP contribution in [0.25, 0.3) is 16.7 Å². The molecule has 1 saturated heterocycles. The second-order valence-electron chi connectivity index (χ2n) is 9.01. The summed E-state index contributed by atoms with van der Waals surface area (Å²) in [6.07, 6.45) is 3.70. The van der Waals surface area contributed by atoms with Crippen molar-refractivity contribution in [1.29, 1.82) is 0 Å². The molecule has 0 radical (unpaired) electrons. The van der Waals surface area contributed by atoms with Crippen LogP contribution in [-0.2, 0) is 4.74 Å². The van der Waals surface area contributed by atoms with Crippen molar-refractivity contribution >= 4 is 11.7 Å². The van der Waals surface area contributed by atoms with Gasteiger partial charge < -0.3 is 4.74 Å². The summed E-state index contributed by atoms with van der Waals surface area (Å²) in [4.78, 5) is 14.9. The van der Waals surface area contributed by atoms with Crippen LogP contribution in [-0.4, -0.2) is 29.7 Å². The van der Waals surface area contributed by atoms with Gasteiger partial charge in [0.15, 0.2) is 11.6 Å². The Balaban J connectivity index is 1.21. The zero-order chi connectivity index (χ0) is 22.5. The molecule has 0 saturated carbocycles. The number of amides is 1. The Morgan fingerprint density at radius 2 is 1.55 bits per heavy atom. The van der Waals surface area contributed by atoms with Gasteiger partial charge in [-0.25, -0.2) is 13.6 Å². The molecule has 2 unspecified atom stereocenters. The molecule has 166 valence electrons. The van der Waals surface area contributed by atoms with Gasteiger partial charge >= 0.3 is 6.09 Å². The minimum Gasteiger partial charge on any atom is -0.448 e. The molecular weight excluding hydrogens is 420 g/mol. The van der Waals surface area contributed by atoms with Crippen LogP contribution >= 0.6 is 0 Å². The van der Waals surface area contributed by atoms with Crippen molar-refractivity contribution < 1.29 is 18.3 Å². The van der Waals surface area contributed by atoms with Crippen LogP contribution in [0.1, 0.15) is 41.9 Å². The van der Waals surface area contributed by atoms with E-state index < -0.39 is 11.6 Å². The van der Waals surface area contributed by atoms with Crippen LogP contribution in [0.3, 0.4) is 0 Å². The van der Waals surface area contributed by atoms with Gasteiger partial charge in [-0.05, 0) is 53.2 Å². The first-order chi connectivity index (χ1) is 16.1. The molecule has 0 N–H and O–H groups in total. The quantitative estimate of drug-likeness (QED) is 0.460. The zero-order valence-electron chi connectivity index (χ0n) is 18.0. The average Bonchev–Trinajstić information content (AvgIpc) is 3.30. The summed E-state index contributed by atoms with van der Waals surface area (Å²) in [5.41, 5.74) is 5.80. The third-order valence-corrected chi connectivity index (χ3v) is 7.24. The minimum atomic E-state index is -0.847. The van der Waals surface area contributed by atoms with E-state index in [0.29, 0.717) is 12.0 Å². The topological polar surface area (TPSA) is 29.5 Å². The predicted molar refractivity (Wildman–Crippen MR) is 123 cm³/mol. The lowest BCUT2D eigenvalue weighted by Crippen LogP contribution is -2.43. The largest absolute Gasteiger partial charge is 0.448 e. The van der Waals surface area contributed by atoms with Gasteiger partial charge in [0.1, 0.15) is 6.61 Å². The summed E-state index contributed by atoms with van der Waals surface area (Å²) in [6, 6.07) is 20.5. The Hall–Kier alpha value is -3.47. The van der Waals surface area contributed by atoms with E-state index in [2.05, 4.69) is 24.3 Å². The summed E-state index contributed by atoms with van der Waals surface area (Å²) in [5.74, 6) is -1.66. The van der Waals surface area contributed by atoms with E-state index in [1.54, 1.807) is 11.0 Å². The van der Waals surface area contributed by atoms with E-state index in [1.807, 2.05) is 30.3 Å². The molecule has 3 nitrogen and oxygen atoms in total. The highest BCUT2D eigenvalue weighted by Crippen LogP contribution is 2.45. The van der Waals surface area contributed by atoms with Crippen molar-refractivity contribution in [2.75, 3.05) is 6.61 Å². The summed E-state index contributed by atoms with van der Waals surface area (Å²) in [7, 11) is 0. The van der Waals surface area contributed by atoms with Gasteiger partial charge in [-0.15, -0.1) is 0 Å². The van der Waals surface area contributed by atoms with E-state index in [1.165, 1.54) is 28.3 Å². The molecule has 3 aliphatic rings. The summed E-state index contributed by atoms with van der Waals surface area (Å²) in [5, 5.41) is 0. The smallest absolute Gasteiger partial charge is 0.410 e. The molecule has 2 atom stereocenters. The van der Waals surface area contributed by atoms with Gasteiger partial charge in [0.2, 0.25) is 0 Å². The number of rotatable bonds is 3. The standard InChI is InChI=1S/C28H23F2NO2/c29-26-11-5-10-20(27(26)30)17-14-18-12-13-19(15-17)31(18)28(32)33-16-25-23-8-3-1-6-21(23)22-7-2-4-9-24(22)25/h1-11,14,18-19,25H,12-13,15-16H2. The highest BCUT2D eigenvalue weighted by atomic mass is 19.2. The van der Waals surface area contributed by atoms with Gasteiger partial charge in [0.25, 0.3) is 0 Å². The lowest BCUT2D eigenvalue weighted by Gasteiger charge is -2.33. The van der Waals surface area contributed by atoms with Crippen molar-refractivity contribution in [3.05, 3.63) is 101 Å². The second kappa shape index (κ2) is 7.84. The van der Waals surface area contributed by atoms with Crippen LogP contribution < -0.4 is 0 Å². The number of halogens is 2. The molecule has 1 aliphatic carbocycles. The third kappa shape index (κ3) is 3.26. The van der Waals surface area contributed by atoms with Gasteiger partial charge in [0.05, 0.1) is 6.04 Å². The fourth-order valence-electron chi connectivity index (χ4n) is 5.73. The molecule has 3 aromatic rings. The Bertz CT molecular complexity index is 1240. The monoisotopic (exact) mass is 443 g/mol. The zero-order valence-corrected chi connectivity index (χ0v) is 18.0. The molecule has 2 heterocycles. The van der Waals surface area contributed by atoms with Gasteiger partial charge in [-0.1, -0.05) is 66.7 Å². The summed E-state index contributed by atoms with van der Waals surface area (Å²) >= 11 is 0. The van der Waals surface area contributed by atoms with E-state index in [0.717, 1.165) is 24.5 Å². The van der Waals surface area contributed by atoms with Gasteiger partial charge in [-0.2, -0.15) is 0 Å². The van der Waals surface area contributed by atoms with E-state index in [9.17, 15) is 13.6 Å². The molecule has 2 aliphatic heterocycles. The maximum absolute atomic E-state index is 14.3. The molecule has 33 heavy (non-hydrogen) atoms. The first-order valence-corrected chi connectivity index (χ1v) is 11.4. The normalized spacial score (nSPS) is 20.9. The second-order valence-corrected chi connectivity index (χ2v) is 9.01. The molecule has 0 spiro atoms. The molecule has 1 amide bonds. The Morgan fingerprint density at radius 3 is 2.24 bits per heavy atom. The number of benzene rings is 3. The van der Waals surface area contributed by atoms with Crippen LogP contribution in [0.15, 0.2) is 72.8 Å². The number of hydrogen-bond donors (Lipinski definition) is 0. The number of nitrogens with zero attached hydrogens (tertiary/aromatic N) is 1.